The van der Waals surface area contributed by atoms with Crippen LogP contribution in [0.1, 0.15) is 50.9 Å². The van der Waals surface area contributed by atoms with Gasteiger partial charge in [0.2, 0.25) is 0 Å². The SMILES string of the molecule is CC(=O)[C@H](C)n1nncc1[C@@H](N)CCCCN. The number of rotatable bonds is 7. The van der Waals surface area contributed by atoms with E-state index in [2.05, 4.69) is 10.3 Å². The highest BCUT2D eigenvalue weighted by atomic mass is 16.1. The van der Waals surface area contributed by atoms with Gasteiger partial charge < -0.3 is 11.5 Å². The van der Waals surface area contributed by atoms with Crippen molar-refractivity contribution >= 4 is 5.78 Å². The molecule has 96 valence electrons. The van der Waals surface area contributed by atoms with E-state index in [1.807, 2.05) is 0 Å². The number of hydrogen-bond donors (Lipinski definition) is 2. The van der Waals surface area contributed by atoms with Crippen molar-refractivity contribution in [1.82, 2.24) is 15.0 Å². The third kappa shape index (κ3) is 3.61. The van der Waals surface area contributed by atoms with Crippen LogP contribution in [0.3, 0.4) is 0 Å². The number of carbonyl (C=O) groups is 1. The van der Waals surface area contributed by atoms with E-state index in [0.717, 1.165) is 25.0 Å². The molecule has 0 aromatic carbocycles. The van der Waals surface area contributed by atoms with Gasteiger partial charge in [-0.1, -0.05) is 11.6 Å². The smallest absolute Gasteiger partial charge is 0.154 e. The Hall–Kier alpha value is -1.27. The third-order valence-electron chi connectivity index (χ3n) is 2.91. The van der Waals surface area contributed by atoms with Gasteiger partial charge in [0.15, 0.2) is 5.78 Å². The molecule has 0 fully saturated rings. The molecular formula is C11H21N5O. The van der Waals surface area contributed by atoms with Crippen LogP contribution in [0.15, 0.2) is 6.20 Å². The van der Waals surface area contributed by atoms with Crippen molar-refractivity contribution < 1.29 is 4.79 Å². The molecular weight excluding hydrogens is 218 g/mol. The van der Waals surface area contributed by atoms with Gasteiger partial charge in [-0.15, -0.1) is 5.10 Å². The summed E-state index contributed by atoms with van der Waals surface area (Å²) in [6.07, 6.45) is 4.39. The molecule has 1 aromatic heterocycles. The van der Waals surface area contributed by atoms with Gasteiger partial charge >= 0.3 is 0 Å². The first-order chi connectivity index (χ1) is 8.07. The highest BCUT2D eigenvalue weighted by molar-refractivity contribution is 5.79. The van der Waals surface area contributed by atoms with Crippen LogP contribution < -0.4 is 11.5 Å². The van der Waals surface area contributed by atoms with Crippen molar-refractivity contribution in [2.24, 2.45) is 11.5 Å². The number of Topliss-reactive ketones (excluding diaryl/α,β-unsaturated/α-hetero) is 1. The lowest BCUT2D eigenvalue weighted by molar-refractivity contribution is -0.120. The molecule has 0 aliphatic carbocycles. The molecule has 0 saturated heterocycles. The van der Waals surface area contributed by atoms with Crippen LogP contribution in [0.2, 0.25) is 0 Å². The van der Waals surface area contributed by atoms with E-state index in [0.29, 0.717) is 6.54 Å². The topological polar surface area (TPSA) is 99.8 Å². The number of nitrogens with zero attached hydrogens (tertiary/aromatic N) is 3. The summed E-state index contributed by atoms with van der Waals surface area (Å²) >= 11 is 0. The molecule has 6 heteroatoms. The van der Waals surface area contributed by atoms with E-state index in [4.69, 9.17) is 11.5 Å². The fraction of sp³-hybridized carbons (Fsp3) is 0.727. The number of ketones is 1. The van der Waals surface area contributed by atoms with Crippen LogP contribution >= 0.6 is 0 Å². The summed E-state index contributed by atoms with van der Waals surface area (Å²) in [5, 5.41) is 7.76. The zero-order chi connectivity index (χ0) is 12.8. The Labute approximate surface area is 101 Å². The Morgan fingerprint density at radius 1 is 1.53 bits per heavy atom. The Balaban J connectivity index is 2.70. The van der Waals surface area contributed by atoms with Gasteiger partial charge in [0.25, 0.3) is 0 Å². The first-order valence-corrected chi connectivity index (χ1v) is 5.94. The molecule has 6 nitrogen and oxygen atoms in total. The first-order valence-electron chi connectivity index (χ1n) is 5.94. The monoisotopic (exact) mass is 239 g/mol. The van der Waals surface area contributed by atoms with E-state index < -0.39 is 0 Å². The molecule has 0 radical (unpaired) electrons. The zero-order valence-corrected chi connectivity index (χ0v) is 10.5. The lowest BCUT2D eigenvalue weighted by Crippen LogP contribution is -2.22. The Morgan fingerprint density at radius 3 is 2.82 bits per heavy atom. The predicted molar refractivity (Wildman–Crippen MR) is 65.2 cm³/mol. The van der Waals surface area contributed by atoms with Crippen LogP contribution in [-0.2, 0) is 4.79 Å². The summed E-state index contributed by atoms with van der Waals surface area (Å²) in [7, 11) is 0. The van der Waals surface area contributed by atoms with Crippen LogP contribution in [0.25, 0.3) is 0 Å². The number of unbranched alkanes of at least 4 members (excludes halogenated alkanes) is 1. The second-order valence-electron chi connectivity index (χ2n) is 4.28. The van der Waals surface area contributed by atoms with Crippen molar-refractivity contribution in [3.8, 4) is 0 Å². The van der Waals surface area contributed by atoms with Crippen LogP contribution in [0.4, 0.5) is 0 Å². The summed E-state index contributed by atoms with van der Waals surface area (Å²) in [6, 6.07) is -0.452. The normalized spacial score (nSPS) is 14.6. The number of nitrogens with two attached hydrogens (primary N) is 2. The minimum atomic E-state index is -0.312. The van der Waals surface area contributed by atoms with Crippen LogP contribution in [0, 0.1) is 0 Å². The van der Waals surface area contributed by atoms with Crippen LogP contribution in [-0.4, -0.2) is 27.3 Å². The van der Waals surface area contributed by atoms with Gasteiger partial charge in [0.1, 0.15) is 6.04 Å². The molecule has 1 rings (SSSR count). The molecule has 0 amide bonds. The maximum absolute atomic E-state index is 11.3. The molecule has 0 unspecified atom stereocenters. The van der Waals surface area contributed by atoms with Gasteiger partial charge in [-0.25, -0.2) is 4.68 Å². The number of hydrogen-bond acceptors (Lipinski definition) is 5. The maximum atomic E-state index is 11.3. The number of aromatic nitrogens is 3. The Kier molecular flexibility index (Phi) is 5.24. The Bertz CT molecular complexity index is 362. The lowest BCUT2D eigenvalue weighted by atomic mass is 10.1. The molecule has 0 spiro atoms. The lowest BCUT2D eigenvalue weighted by Gasteiger charge is -2.16. The second kappa shape index (κ2) is 6.46. The fourth-order valence-corrected chi connectivity index (χ4v) is 1.65. The first kappa shape index (κ1) is 13.8. The summed E-state index contributed by atoms with van der Waals surface area (Å²) in [6.45, 7) is 4.01. The largest absolute Gasteiger partial charge is 0.330 e. The van der Waals surface area contributed by atoms with Gasteiger partial charge in [0.05, 0.1) is 11.9 Å². The van der Waals surface area contributed by atoms with E-state index in [1.54, 1.807) is 17.8 Å². The molecule has 0 aliphatic rings. The van der Waals surface area contributed by atoms with Crippen molar-refractivity contribution in [2.75, 3.05) is 6.54 Å². The highest BCUT2D eigenvalue weighted by Gasteiger charge is 2.19. The molecule has 4 N–H and O–H groups in total. The van der Waals surface area contributed by atoms with Crippen molar-refractivity contribution in [3.05, 3.63) is 11.9 Å². The molecule has 0 aliphatic heterocycles. The molecule has 1 heterocycles. The van der Waals surface area contributed by atoms with Crippen molar-refractivity contribution in [1.29, 1.82) is 0 Å². The van der Waals surface area contributed by atoms with E-state index in [-0.39, 0.29) is 17.9 Å². The number of carbonyl (C=O) groups excluding carboxylic acids is 1. The summed E-state index contributed by atoms with van der Waals surface area (Å²) in [4.78, 5) is 11.3. The summed E-state index contributed by atoms with van der Waals surface area (Å²) in [5.41, 5.74) is 12.3. The predicted octanol–water partition coefficient (Wildman–Crippen LogP) is 0.557. The van der Waals surface area contributed by atoms with Gasteiger partial charge in [-0.2, -0.15) is 0 Å². The second-order valence-corrected chi connectivity index (χ2v) is 4.28. The van der Waals surface area contributed by atoms with Crippen molar-refractivity contribution in [3.63, 3.8) is 0 Å². The quantitative estimate of drug-likeness (QED) is 0.677. The average molecular weight is 239 g/mol. The van der Waals surface area contributed by atoms with Gasteiger partial charge in [-0.05, 0) is 33.2 Å². The molecule has 1 aromatic rings. The maximum Gasteiger partial charge on any atom is 0.154 e. The molecule has 2 atom stereocenters. The minimum Gasteiger partial charge on any atom is -0.330 e. The van der Waals surface area contributed by atoms with E-state index in [1.165, 1.54) is 6.92 Å². The molecule has 0 bridgehead atoms. The minimum absolute atomic E-state index is 0.0471. The Morgan fingerprint density at radius 2 is 2.24 bits per heavy atom. The third-order valence-corrected chi connectivity index (χ3v) is 2.91. The molecule has 17 heavy (non-hydrogen) atoms. The average Bonchev–Trinajstić information content (AvgIpc) is 2.76. The van der Waals surface area contributed by atoms with Gasteiger partial charge in [-0.3, -0.25) is 4.79 Å². The standard InChI is InChI=1S/C11H21N5O/c1-8(9(2)17)16-11(7-14-15-16)10(13)5-3-4-6-12/h7-8,10H,3-6,12-13H2,1-2H3/t8-,10-/m0/s1. The molecule has 0 saturated carbocycles. The van der Waals surface area contributed by atoms with E-state index in [9.17, 15) is 4.79 Å². The fourth-order valence-electron chi connectivity index (χ4n) is 1.65. The zero-order valence-electron chi connectivity index (χ0n) is 10.5. The van der Waals surface area contributed by atoms with Crippen LogP contribution in [0.5, 0.6) is 0 Å². The highest BCUT2D eigenvalue weighted by Crippen LogP contribution is 2.18. The van der Waals surface area contributed by atoms with E-state index >= 15 is 0 Å². The van der Waals surface area contributed by atoms with Crippen molar-refractivity contribution in [2.45, 2.75) is 45.2 Å². The summed E-state index contributed by atoms with van der Waals surface area (Å²) in [5.74, 6) is 0.0471. The summed E-state index contributed by atoms with van der Waals surface area (Å²) < 4.78 is 1.61. The van der Waals surface area contributed by atoms with Gasteiger partial charge in [0, 0.05) is 6.04 Å².